The number of allylic oxidation sites excluding steroid dienone is 8. The molecule has 0 amide bonds. The van der Waals surface area contributed by atoms with E-state index in [4.69, 9.17) is 11.6 Å². The lowest BCUT2D eigenvalue weighted by Gasteiger charge is -2.20. The second-order valence-corrected chi connectivity index (χ2v) is 11.6. The van der Waals surface area contributed by atoms with Crippen LogP contribution in [0.3, 0.4) is 0 Å². The third kappa shape index (κ3) is 4.30. The van der Waals surface area contributed by atoms with Gasteiger partial charge < -0.3 is 17.0 Å². The maximum atomic E-state index is 7.01. The van der Waals surface area contributed by atoms with E-state index in [9.17, 15) is 0 Å². The summed E-state index contributed by atoms with van der Waals surface area (Å²) >= 11 is 7.01. The summed E-state index contributed by atoms with van der Waals surface area (Å²) < 4.78 is 2.32. The second-order valence-electron chi connectivity index (χ2n) is 11.2. The van der Waals surface area contributed by atoms with Gasteiger partial charge in [0.25, 0.3) is 0 Å². The summed E-state index contributed by atoms with van der Waals surface area (Å²) in [4.78, 5) is 1.38. The number of nitrogens with one attached hydrogen (secondary N) is 1. The van der Waals surface area contributed by atoms with Crippen molar-refractivity contribution in [1.29, 1.82) is 0 Å². The van der Waals surface area contributed by atoms with Gasteiger partial charge in [-0.25, -0.2) is 0 Å². The molecule has 0 saturated carbocycles. The maximum absolute atomic E-state index is 7.01. The zero-order valence-corrected chi connectivity index (χ0v) is 24.6. The number of para-hydroxylation sites is 2. The number of likely N-dealkylation sites (N-methyl/N-ethyl adjacent to an activating group) is 1. The Hall–Kier alpha value is -2.20. The molecule has 0 radical (unpaired) electrons. The lowest BCUT2D eigenvalue weighted by Crippen LogP contribution is -3.01. The van der Waals surface area contributed by atoms with Gasteiger partial charge in [-0.3, -0.25) is 4.90 Å². The molecular formula is C32H37BrClN2+. The molecule has 0 bridgehead atoms. The highest BCUT2D eigenvalue weighted by Gasteiger charge is 2.44. The van der Waals surface area contributed by atoms with Crippen LogP contribution in [0.25, 0.3) is 0 Å². The van der Waals surface area contributed by atoms with Crippen molar-refractivity contribution >= 4 is 28.7 Å². The number of hydrogen-bond donors (Lipinski definition) is 1. The van der Waals surface area contributed by atoms with Gasteiger partial charge >= 0.3 is 0 Å². The molecule has 2 nitrogen and oxygen atoms in total. The smallest absolute Gasteiger partial charge is 0.209 e. The predicted molar refractivity (Wildman–Crippen MR) is 148 cm³/mol. The lowest BCUT2D eigenvalue weighted by atomic mass is 9.81. The summed E-state index contributed by atoms with van der Waals surface area (Å²) in [6, 6.07) is 17.5. The Labute approximate surface area is 232 Å². The zero-order valence-electron chi connectivity index (χ0n) is 22.3. The van der Waals surface area contributed by atoms with E-state index in [0.717, 1.165) is 24.3 Å². The van der Waals surface area contributed by atoms with Gasteiger partial charge in [0, 0.05) is 28.3 Å². The minimum atomic E-state index is -0.0247. The Balaban J connectivity index is 0.00000304. The monoisotopic (exact) mass is 563 g/mol. The Morgan fingerprint density at radius 3 is 2.22 bits per heavy atom. The molecule has 1 N–H and O–H groups in total. The Bertz CT molecular complexity index is 1350. The molecule has 0 spiro atoms. The van der Waals surface area contributed by atoms with Crippen LogP contribution in [0.1, 0.15) is 58.1 Å². The van der Waals surface area contributed by atoms with E-state index < -0.39 is 0 Å². The normalized spacial score (nSPS) is 24.5. The molecule has 0 aromatic heterocycles. The summed E-state index contributed by atoms with van der Waals surface area (Å²) in [5, 5.41) is 0.923. The number of benzene rings is 2. The first-order chi connectivity index (χ1) is 16.6. The van der Waals surface area contributed by atoms with E-state index in [1.165, 1.54) is 50.0 Å². The number of halogens is 2. The van der Waals surface area contributed by atoms with Gasteiger partial charge in [0.2, 0.25) is 5.69 Å². The minimum absolute atomic E-state index is 0. The van der Waals surface area contributed by atoms with Crippen molar-refractivity contribution in [2.75, 3.05) is 14.1 Å². The van der Waals surface area contributed by atoms with E-state index in [0.29, 0.717) is 0 Å². The van der Waals surface area contributed by atoms with Crippen LogP contribution in [0, 0.1) is 0 Å². The Morgan fingerprint density at radius 2 is 1.53 bits per heavy atom. The van der Waals surface area contributed by atoms with E-state index in [1.54, 1.807) is 0 Å². The Morgan fingerprint density at radius 1 is 0.861 bits per heavy atom. The van der Waals surface area contributed by atoms with Gasteiger partial charge in [-0.15, -0.1) is 0 Å². The molecule has 5 rings (SSSR count). The first-order valence-corrected chi connectivity index (χ1v) is 13.1. The molecular weight excluding hydrogens is 528 g/mol. The molecule has 1 unspecified atom stereocenters. The van der Waals surface area contributed by atoms with Crippen LogP contribution < -0.4 is 21.9 Å². The van der Waals surface area contributed by atoms with Crippen molar-refractivity contribution in [2.24, 2.45) is 0 Å². The van der Waals surface area contributed by atoms with E-state index >= 15 is 0 Å². The predicted octanol–water partition coefficient (Wildman–Crippen LogP) is 3.88. The number of quaternary nitrogens is 1. The first-order valence-electron chi connectivity index (χ1n) is 12.8. The minimum Gasteiger partial charge on any atom is -1.00 e. The van der Waals surface area contributed by atoms with Crippen LogP contribution >= 0.6 is 11.6 Å². The van der Waals surface area contributed by atoms with Crippen molar-refractivity contribution in [3.05, 3.63) is 106 Å². The van der Waals surface area contributed by atoms with Crippen molar-refractivity contribution in [3.8, 4) is 0 Å². The van der Waals surface area contributed by atoms with Crippen LogP contribution in [-0.4, -0.2) is 24.4 Å². The number of hydrogen-bond acceptors (Lipinski definition) is 0. The van der Waals surface area contributed by atoms with Crippen LogP contribution in [0.5, 0.6) is 0 Å². The van der Waals surface area contributed by atoms with Crippen molar-refractivity contribution in [1.82, 2.24) is 0 Å². The zero-order chi connectivity index (χ0) is 25.0. The average molecular weight is 565 g/mol. The molecule has 1 atom stereocenters. The lowest BCUT2D eigenvalue weighted by molar-refractivity contribution is -0.764. The summed E-state index contributed by atoms with van der Waals surface area (Å²) in [5.74, 6) is 0. The molecule has 0 fully saturated rings. The summed E-state index contributed by atoms with van der Waals surface area (Å²) in [5.41, 5.74) is 10.6. The average Bonchev–Trinajstić information content (AvgIpc) is 3.16. The van der Waals surface area contributed by atoms with Crippen LogP contribution in [0.4, 0.5) is 11.4 Å². The molecule has 2 heterocycles. The molecule has 2 aromatic rings. The summed E-state index contributed by atoms with van der Waals surface area (Å²) in [7, 11) is 4.42. The van der Waals surface area contributed by atoms with E-state index in [-0.39, 0.29) is 27.8 Å². The highest BCUT2D eigenvalue weighted by molar-refractivity contribution is 6.32. The fourth-order valence-corrected chi connectivity index (χ4v) is 6.64. The van der Waals surface area contributed by atoms with Crippen LogP contribution in [0.2, 0.25) is 0 Å². The van der Waals surface area contributed by atoms with Gasteiger partial charge in [0.15, 0.2) is 5.71 Å². The third-order valence-electron chi connectivity index (χ3n) is 8.37. The molecule has 188 valence electrons. The third-order valence-corrected chi connectivity index (χ3v) is 8.86. The largest absolute Gasteiger partial charge is 1.00 e. The second kappa shape index (κ2) is 9.93. The topological polar surface area (TPSA) is 7.45 Å². The molecule has 36 heavy (non-hydrogen) atoms. The maximum Gasteiger partial charge on any atom is 0.209 e. The number of nitrogens with zero attached hydrogens (tertiary/aromatic N) is 1. The van der Waals surface area contributed by atoms with E-state index in [1.807, 2.05) is 0 Å². The standard InChI is InChI=1S/C32H36ClN2.BrH/c1-31(2)24-14-7-9-16-26(24)34(5)28(31)20-18-22-12-11-13-23(30(22)33)19-21-29-32(3,4)25-15-8-10-17-27(25)35(29)6;/h7-10,14-21H,11-13H2,1-6H3;1H/q+1;. The van der Waals surface area contributed by atoms with Crippen LogP contribution in [-0.2, 0) is 10.8 Å². The summed E-state index contributed by atoms with van der Waals surface area (Å²) in [6.45, 7) is 9.27. The van der Waals surface area contributed by atoms with Gasteiger partial charge in [0.05, 0.1) is 17.9 Å². The van der Waals surface area contributed by atoms with E-state index in [2.05, 4.69) is 119 Å². The van der Waals surface area contributed by atoms with Crippen molar-refractivity contribution < 1.29 is 26.5 Å². The SMILES string of the molecule is C[N+]1=C(C=CC2=C(Cl)C(=CC=C3[NH+](C)c4ccccc4C3(C)C)CCC2)C(C)(C)c2ccccc21.[Br-]. The molecule has 2 aliphatic heterocycles. The van der Waals surface area contributed by atoms with Crippen molar-refractivity contribution in [2.45, 2.75) is 57.8 Å². The summed E-state index contributed by atoms with van der Waals surface area (Å²) in [6.07, 6.45) is 12.3. The Kier molecular flexibility index (Phi) is 7.41. The van der Waals surface area contributed by atoms with Crippen LogP contribution in [0.15, 0.2) is 94.7 Å². The molecule has 2 aromatic carbocycles. The number of rotatable bonds is 3. The van der Waals surface area contributed by atoms with Crippen molar-refractivity contribution in [3.63, 3.8) is 0 Å². The molecule has 3 aliphatic rings. The molecule has 1 aliphatic carbocycles. The van der Waals surface area contributed by atoms with Gasteiger partial charge in [0.1, 0.15) is 18.4 Å². The molecule has 4 heteroatoms. The first kappa shape index (κ1) is 26.9. The fourth-order valence-electron chi connectivity index (χ4n) is 6.32. The van der Waals surface area contributed by atoms with Gasteiger partial charge in [-0.05, 0) is 70.2 Å². The van der Waals surface area contributed by atoms with Gasteiger partial charge in [-0.2, -0.15) is 4.58 Å². The quantitative estimate of drug-likeness (QED) is 0.542. The molecule has 0 saturated heterocycles. The highest BCUT2D eigenvalue weighted by Crippen LogP contribution is 2.41. The van der Waals surface area contributed by atoms with Gasteiger partial charge in [-0.1, -0.05) is 60.2 Å². The number of fused-ring (bicyclic) bond motifs is 2. The highest BCUT2D eigenvalue weighted by atomic mass is 79.9. The fraction of sp³-hybridized carbons (Fsp3) is 0.344.